The van der Waals surface area contributed by atoms with E-state index in [1.807, 2.05) is 0 Å². The fourth-order valence-electron chi connectivity index (χ4n) is 13.4. The van der Waals surface area contributed by atoms with Crippen LogP contribution in [-0.4, -0.2) is 0 Å². The molecular weight excluding hydrogens is 797 g/mol. The van der Waals surface area contributed by atoms with Gasteiger partial charge in [-0.2, -0.15) is 0 Å². The normalized spacial score (nSPS) is 15.9. The number of nitrogens with zero attached hydrogens (tertiary/aromatic N) is 2. The summed E-state index contributed by atoms with van der Waals surface area (Å²) in [6, 6.07) is 78.2. The number of anilines is 6. The second kappa shape index (κ2) is 14.5. The van der Waals surface area contributed by atoms with Gasteiger partial charge in [0.1, 0.15) is 0 Å². The van der Waals surface area contributed by atoms with Crippen molar-refractivity contribution in [3.8, 4) is 22.3 Å². The quantitative estimate of drug-likeness (QED) is 0.164. The summed E-state index contributed by atoms with van der Waals surface area (Å²) in [5.74, 6) is 0. The van der Waals surface area contributed by atoms with E-state index in [2.05, 4.69) is 216 Å². The lowest BCUT2D eigenvalue weighted by atomic mass is 9.76. The van der Waals surface area contributed by atoms with Crippen LogP contribution in [0.2, 0.25) is 0 Å². The second-order valence-electron chi connectivity index (χ2n) is 19.5. The molecule has 2 saturated carbocycles. The van der Waals surface area contributed by atoms with Gasteiger partial charge < -0.3 is 9.80 Å². The fraction of sp³-hybridized carbons (Fsp3) is 0.156. The molecule has 2 nitrogen and oxygen atoms in total. The number of benzene rings is 10. The smallest absolute Gasteiger partial charge is 0.0468 e. The third-order valence-electron chi connectivity index (χ3n) is 16.2. The molecule has 10 aromatic carbocycles. The molecule has 0 bridgehead atoms. The Hall–Kier alpha value is -7.42. The Morgan fingerprint density at radius 1 is 0.273 bits per heavy atom. The molecule has 0 heterocycles. The summed E-state index contributed by atoms with van der Waals surface area (Å²) in [7, 11) is 0. The van der Waals surface area contributed by atoms with Crippen molar-refractivity contribution >= 4 is 66.4 Å². The predicted molar refractivity (Wildman–Crippen MR) is 278 cm³/mol. The number of rotatable bonds is 6. The van der Waals surface area contributed by atoms with Crippen LogP contribution in [-0.2, 0) is 10.8 Å². The molecule has 0 radical (unpaired) electrons. The average molecular weight is 847 g/mol. The summed E-state index contributed by atoms with van der Waals surface area (Å²) in [5, 5.41) is 7.84. The van der Waals surface area contributed by atoms with Crippen molar-refractivity contribution in [2.75, 3.05) is 9.80 Å². The van der Waals surface area contributed by atoms with Crippen molar-refractivity contribution in [3.63, 3.8) is 0 Å². The van der Waals surface area contributed by atoms with Crippen LogP contribution >= 0.6 is 0 Å². The van der Waals surface area contributed by atoms with Crippen LogP contribution in [0.4, 0.5) is 34.1 Å². The summed E-state index contributed by atoms with van der Waals surface area (Å²) in [4.78, 5) is 4.94. The van der Waals surface area contributed by atoms with Crippen LogP contribution < -0.4 is 9.80 Å². The third-order valence-corrected chi connectivity index (χ3v) is 16.2. The van der Waals surface area contributed by atoms with Gasteiger partial charge in [0.2, 0.25) is 0 Å². The van der Waals surface area contributed by atoms with Crippen molar-refractivity contribution in [3.05, 3.63) is 229 Å². The molecule has 0 aliphatic heterocycles. The predicted octanol–water partition coefficient (Wildman–Crippen LogP) is 17.8. The standard InChI is InChI=1S/C64H50N2/c1-3-17-47(18-4-1)65(51-29-31-55-59(41-51)63(35-11-12-36-63)57-33-25-43-15-7-9-21-53(43)61(55)57)49-27-23-46-40-50(28-24-45(46)39-49)66(48-19-5-2-6-20-48)52-30-32-56-60(42-52)64(37-13-14-38-64)58-34-26-44-16-8-10-22-54(44)62(56)58/h1-10,15-34,39-42H,11-14,35-38H2. The largest absolute Gasteiger partial charge is 0.310 e. The Morgan fingerprint density at radius 3 is 1.08 bits per heavy atom. The summed E-state index contributed by atoms with van der Waals surface area (Å²) >= 11 is 0. The van der Waals surface area contributed by atoms with Crippen molar-refractivity contribution in [1.29, 1.82) is 0 Å². The molecule has 0 amide bonds. The number of para-hydroxylation sites is 2. The molecule has 2 spiro atoms. The van der Waals surface area contributed by atoms with E-state index in [9.17, 15) is 0 Å². The van der Waals surface area contributed by atoms with Gasteiger partial charge in [0.15, 0.2) is 0 Å². The molecule has 0 atom stereocenters. The summed E-state index contributed by atoms with van der Waals surface area (Å²) in [6.45, 7) is 0. The van der Waals surface area contributed by atoms with Gasteiger partial charge in [0.25, 0.3) is 0 Å². The highest BCUT2D eigenvalue weighted by Crippen LogP contribution is 2.61. The van der Waals surface area contributed by atoms with Gasteiger partial charge in [-0.25, -0.2) is 0 Å². The van der Waals surface area contributed by atoms with Gasteiger partial charge in [-0.05, 0) is 175 Å². The van der Waals surface area contributed by atoms with Crippen molar-refractivity contribution < 1.29 is 0 Å². The van der Waals surface area contributed by atoms with Gasteiger partial charge in [-0.3, -0.25) is 0 Å². The zero-order chi connectivity index (χ0) is 43.4. The molecule has 66 heavy (non-hydrogen) atoms. The van der Waals surface area contributed by atoms with E-state index in [1.54, 1.807) is 0 Å². The molecule has 10 aromatic rings. The molecule has 2 heteroatoms. The van der Waals surface area contributed by atoms with E-state index < -0.39 is 0 Å². The Bertz CT molecular complexity index is 3320. The summed E-state index contributed by atoms with van der Waals surface area (Å²) in [5.41, 5.74) is 19.0. The topological polar surface area (TPSA) is 6.48 Å². The van der Waals surface area contributed by atoms with Crippen LogP contribution in [0.5, 0.6) is 0 Å². The molecule has 4 aliphatic rings. The van der Waals surface area contributed by atoms with Crippen LogP contribution in [0, 0.1) is 0 Å². The molecule has 0 N–H and O–H groups in total. The first kappa shape index (κ1) is 37.9. The Kier molecular flexibility index (Phi) is 8.35. The van der Waals surface area contributed by atoms with Crippen molar-refractivity contribution in [2.24, 2.45) is 0 Å². The van der Waals surface area contributed by atoms with Gasteiger partial charge in [-0.15, -0.1) is 0 Å². The highest BCUT2D eigenvalue weighted by atomic mass is 15.1. The maximum atomic E-state index is 2.54. The van der Waals surface area contributed by atoms with Gasteiger partial charge in [0.05, 0.1) is 0 Å². The SMILES string of the molecule is c1ccc(N(c2ccc3c(c2)C2(CCCC2)c2ccc4ccccc4c2-3)c2ccc3cc(N(c4ccccc4)c4ccc5c(c4)C4(CCCC4)c4ccc6ccccc6c4-5)ccc3c2)cc1. The van der Waals surface area contributed by atoms with Crippen molar-refractivity contribution in [1.82, 2.24) is 0 Å². The van der Waals surface area contributed by atoms with Crippen LogP contribution in [0.15, 0.2) is 206 Å². The monoisotopic (exact) mass is 846 g/mol. The second-order valence-corrected chi connectivity index (χ2v) is 19.5. The first-order valence-corrected chi connectivity index (χ1v) is 24.3. The maximum absolute atomic E-state index is 2.54. The Morgan fingerprint density at radius 2 is 0.636 bits per heavy atom. The first-order chi connectivity index (χ1) is 32.7. The van der Waals surface area contributed by atoms with Crippen LogP contribution in [0.25, 0.3) is 54.6 Å². The lowest BCUT2D eigenvalue weighted by molar-refractivity contribution is 0.550. The van der Waals surface area contributed by atoms with E-state index in [1.165, 1.54) is 140 Å². The third kappa shape index (κ3) is 5.48. The molecule has 4 aliphatic carbocycles. The molecule has 0 unspecified atom stereocenters. The highest BCUT2D eigenvalue weighted by Gasteiger charge is 2.47. The number of hydrogen-bond acceptors (Lipinski definition) is 2. The van der Waals surface area contributed by atoms with Crippen molar-refractivity contribution in [2.45, 2.75) is 62.2 Å². The molecule has 14 rings (SSSR count). The number of fused-ring (bicyclic) bond motifs is 15. The molecule has 316 valence electrons. The Balaban J connectivity index is 0.880. The minimum Gasteiger partial charge on any atom is -0.310 e. The minimum atomic E-state index is 0.0619. The molecule has 0 aromatic heterocycles. The van der Waals surface area contributed by atoms with E-state index in [-0.39, 0.29) is 10.8 Å². The maximum Gasteiger partial charge on any atom is 0.0468 e. The first-order valence-electron chi connectivity index (χ1n) is 24.3. The zero-order valence-corrected chi connectivity index (χ0v) is 37.2. The van der Waals surface area contributed by atoms with E-state index in [0.29, 0.717) is 0 Å². The van der Waals surface area contributed by atoms with Gasteiger partial charge >= 0.3 is 0 Å². The zero-order valence-electron chi connectivity index (χ0n) is 37.2. The summed E-state index contributed by atoms with van der Waals surface area (Å²) < 4.78 is 0. The van der Waals surface area contributed by atoms with Gasteiger partial charge in [0, 0.05) is 45.0 Å². The molecule has 2 fully saturated rings. The van der Waals surface area contributed by atoms with E-state index in [0.717, 1.165) is 22.7 Å². The lowest BCUT2D eigenvalue weighted by Gasteiger charge is -2.30. The van der Waals surface area contributed by atoms with Crippen LogP contribution in [0.3, 0.4) is 0 Å². The number of hydrogen-bond donors (Lipinski definition) is 0. The Labute approximate surface area is 387 Å². The summed E-state index contributed by atoms with van der Waals surface area (Å²) in [6.07, 6.45) is 9.89. The average Bonchev–Trinajstić information content (AvgIpc) is 4.19. The minimum absolute atomic E-state index is 0.0619. The lowest BCUT2D eigenvalue weighted by Crippen LogP contribution is -2.21. The van der Waals surface area contributed by atoms with Gasteiger partial charge in [-0.1, -0.05) is 159 Å². The fourth-order valence-corrected chi connectivity index (χ4v) is 13.4. The van der Waals surface area contributed by atoms with E-state index >= 15 is 0 Å². The van der Waals surface area contributed by atoms with E-state index in [4.69, 9.17) is 0 Å². The highest BCUT2D eigenvalue weighted by molar-refractivity contribution is 6.05. The van der Waals surface area contributed by atoms with Crippen LogP contribution in [0.1, 0.15) is 73.6 Å². The molecular formula is C64H50N2. The molecule has 0 saturated heterocycles.